The maximum Gasteiger partial charge on any atom is 0.160 e. The molecule has 0 radical (unpaired) electrons. The first kappa shape index (κ1) is 39.9. The molecule has 4 saturated carbocycles. The summed E-state index contributed by atoms with van der Waals surface area (Å²) in [4.78, 5) is 11.0. The van der Waals surface area contributed by atoms with Crippen LogP contribution in [-0.4, -0.2) is 9.97 Å². The van der Waals surface area contributed by atoms with Crippen LogP contribution in [0.5, 0.6) is 0 Å². The van der Waals surface area contributed by atoms with Crippen LogP contribution in [0.3, 0.4) is 0 Å². The Morgan fingerprint density at radius 1 is 0.343 bits per heavy atom. The average molecular weight is 901 g/mol. The van der Waals surface area contributed by atoms with Gasteiger partial charge in [-0.05, 0) is 160 Å². The molecule has 4 heteroatoms. The molecule has 9 aromatic carbocycles. The molecule has 4 nitrogen and oxygen atoms in total. The van der Waals surface area contributed by atoms with Crippen molar-refractivity contribution in [3.8, 4) is 67.3 Å². The van der Waals surface area contributed by atoms with E-state index in [0.717, 1.165) is 106 Å². The zero-order chi connectivity index (χ0) is 45.9. The highest BCUT2D eigenvalue weighted by Gasteiger charge is 2.51. The van der Waals surface area contributed by atoms with Gasteiger partial charge < -0.3 is 8.83 Å². The van der Waals surface area contributed by atoms with Crippen LogP contribution in [0.1, 0.15) is 44.1 Å². The fourth-order valence-corrected chi connectivity index (χ4v) is 13.7. The topological polar surface area (TPSA) is 52.1 Å². The summed E-state index contributed by atoms with van der Waals surface area (Å²) in [6.07, 6.45) is 8.54. The minimum atomic E-state index is 0.381. The van der Waals surface area contributed by atoms with Gasteiger partial charge >= 0.3 is 0 Å². The molecule has 0 saturated heterocycles. The Hall–Kier alpha value is -8.08. The molecule has 12 aromatic rings. The molecule has 4 aliphatic rings. The Labute approximate surface area is 406 Å². The van der Waals surface area contributed by atoms with Gasteiger partial charge in [-0.1, -0.05) is 152 Å². The monoisotopic (exact) mass is 900 g/mol. The minimum Gasteiger partial charge on any atom is -0.455 e. The number of para-hydroxylation sites is 4. The zero-order valence-electron chi connectivity index (χ0n) is 38.7. The first-order valence-corrected chi connectivity index (χ1v) is 25.1. The summed E-state index contributed by atoms with van der Waals surface area (Å²) >= 11 is 0. The van der Waals surface area contributed by atoms with Crippen LogP contribution in [0.25, 0.3) is 122 Å². The first-order chi connectivity index (χ1) is 34.6. The van der Waals surface area contributed by atoms with E-state index in [9.17, 15) is 0 Å². The molecule has 0 atom stereocenters. The van der Waals surface area contributed by atoms with Crippen molar-refractivity contribution < 1.29 is 8.83 Å². The molecule has 70 heavy (non-hydrogen) atoms. The number of benzene rings is 9. The molecule has 0 aliphatic heterocycles. The Morgan fingerprint density at radius 2 is 0.814 bits per heavy atom. The molecule has 16 rings (SSSR count). The molecule has 0 unspecified atom stereocenters. The number of hydrogen-bond donors (Lipinski definition) is 0. The van der Waals surface area contributed by atoms with E-state index in [4.69, 9.17) is 18.8 Å². The zero-order valence-corrected chi connectivity index (χ0v) is 38.7. The smallest absolute Gasteiger partial charge is 0.160 e. The van der Waals surface area contributed by atoms with Crippen LogP contribution < -0.4 is 0 Å². The maximum atomic E-state index is 6.65. The van der Waals surface area contributed by atoms with E-state index in [1.807, 2.05) is 24.3 Å². The molecule has 0 spiro atoms. The van der Waals surface area contributed by atoms with Crippen LogP contribution >= 0.6 is 0 Å². The van der Waals surface area contributed by atoms with Gasteiger partial charge in [0.25, 0.3) is 0 Å². The van der Waals surface area contributed by atoms with Gasteiger partial charge in [-0.25, -0.2) is 9.97 Å². The van der Waals surface area contributed by atoms with Crippen molar-refractivity contribution in [3.63, 3.8) is 0 Å². The standard InChI is InChI=1S/C66H48N2O2/c1-2-12-43(13-3-1)45-33-46(50-29-28-49(51-14-4-5-15-52(50)51)44-24-26-48(27-25-44)66-37-40-30-41(38-66)32-42(31-40)39-66)35-47(34-45)65-67-59(57-20-10-18-55-53-16-6-8-22-61(53)69-63(55)57)36-60(68-65)58-21-11-19-56-54-17-7-9-23-62(54)70-64(56)58/h1-29,33-36,40-42H,30-32,37-39H2. The van der Waals surface area contributed by atoms with Gasteiger partial charge in [-0.3, -0.25) is 0 Å². The van der Waals surface area contributed by atoms with Gasteiger partial charge in [0.1, 0.15) is 22.3 Å². The molecule has 3 aromatic heterocycles. The molecular formula is C66H48N2O2. The summed E-state index contributed by atoms with van der Waals surface area (Å²) in [6, 6.07) is 72.1. The molecule has 4 bridgehead atoms. The number of furan rings is 2. The Balaban J connectivity index is 0.907. The molecule has 0 N–H and O–H groups in total. The summed E-state index contributed by atoms with van der Waals surface area (Å²) in [5, 5.41) is 6.72. The van der Waals surface area contributed by atoms with Crippen molar-refractivity contribution in [2.24, 2.45) is 17.8 Å². The van der Waals surface area contributed by atoms with Gasteiger partial charge in [-0.15, -0.1) is 0 Å². The van der Waals surface area contributed by atoms with Gasteiger partial charge in [-0.2, -0.15) is 0 Å². The second-order valence-electron chi connectivity index (χ2n) is 20.7. The second-order valence-corrected chi connectivity index (χ2v) is 20.7. The molecule has 334 valence electrons. The third-order valence-electron chi connectivity index (χ3n) is 16.5. The van der Waals surface area contributed by atoms with Crippen molar-refractivity contribution in [1.82, 2.24) is 9.97 Å². The highest BCUT2D eigenvalue weighted by Crippen LogP contribution is 2.61. The van der Waals surface area contributed by atoms with Crippen molar-refractivity contribution in [1.29, 1.82) is 0 Å². The normalized spacial score (nSPS) is 19.6. The summed E-state index contributed by atoms with van der Waals surface area (Å²) < 4.78 is 13.3. The van der Waals surface area contributed by atoms with E-state index in [0.29, 0.717) is 11.2 Å². The Kier molecular flexibility index (Phi) is 8.81. The van der Waals surface area contributed by atoms with E-state index < -0.39 is 0 Å². The number of rotatable bonds is 7. The number of fused-ring (bicyclic) bond motifs is 7. The van der Waals surface area contributed by atoms with Gasteiger partial charge in [0.2, 0.25) is 0 Å². The molecule has 0 amide bonds. The summed E-state index contributed by atoms with van der Waals surface area (Å²) in [6.45, 7) is 0. The minimum absolute atomic E-state index is 0.381. The van der Waals surface area contributed by atoms with E-state index in [-0.39, 0.29) is 0 Å². The van der Waals surface area contributed by atoms with Crippen LogP contribution in [0, 0.1) is 17.8 Å². The Morgan fingerprint density at radius 3 is 1.39 bits per heavy atom. The third-order valence-corrected chi connectivity index (χ3v) is 16.5. The second kappa shape index (κ2) is 15.5. The van der Waals surface area contributed by atoms with Crippen LogP contribution in [0.2, 0.25) is 0 Å². The predicted molar refractivity (Wildman–Crippen MR) is 287 cm³/mol. The Bertz CT molecular complexity index is 3880. The van der Waals surface area contributed by atoms with Crippen molar-refractivity contribution in [2.75, 3.05) is 0 Å². The van der Waals surface area contributed by atoms with Crippen LogP contribution in [-0.2, 0) is 5.41 Å². The third kappa shape index (κ3) is 6.36. The molecule has 4 aliphatic carbocycles. The SMILES string of the molecule is c1ccc(-c2cc(-c3nc(-c4cccc5c4oc4ccccc45)cc(-c4cccc5c4oc4ccccc45)n3)cc(-c3ccc(-c4ccc(C56CC7CC(CC(C7)C5)C6)cc4)c4ccccc34)c2)cc1. The summed E-state index contributed by atoms with van der Waals surface area (Å²) in [5.74, 6) is 3.40. The molecular weight excluding hydrogens is 853 g/mol. The van der Waals surface area contributed by atoms with E-state index >= 15 is 0 Å². The average Bonchev–Trinajstić information content (AvgIpc) is 3.99. The van der Waals surface area contributed by atoms with Crippen molar-refractivity contribution >= 4 is 54.6 Å². The lowest BCUT2D eigenvalue weighted by Crippen LogP contribution is -2.48. The number of hydrogen-bond acceptors (Lipinski definition) is 4. The summed E-state index contributed by atoms with van der Waals surface area (Å²) in [7, 11) is 0. The first-order valence-electron chi connectivity index (χ1n) is 25.1. The molecule has 4 fully saturated rings. The van der Waals surface area contributed by atoms with Gasteiger partial charge in [0.05, 0.1) is 11.4 Å². The van der Waals surface area contributed by atoms with Gasteiger partial charge in [0, 0.05) is 38.2 Å². The fraction of sp³-hybridized carbons (Fsp3) is 0.152. The predicted octanol–water partition coefficient (Wildman–Crippen LogP) is 17.9. The lowest BCUT2D eigenvalue weighted by Gasteiger charge is -2.57. The maximum absolute atomic E-state index is 6.65. The van der Waals surface area contributed by atoms with E-state index in [2.05, 4.69) is 176 Å². The number of nitrogens with zero attached hydrogens (tertiary/aromatic N) is 2. The van der Waals surface area contributed by atoms with Crippen molar-refractivity contribution in [2.45, 2.75) is 43.9 Å². The quantitative estimate of drug-likeness (QED) is 0.160. The highest BCUT2D eigenvalue weighted by atomic mass is 16.3. The van der Waals surface area contributed by atoms with Crippen LogP contribution in [0.4, 0.5) is 0 Å². The highest BCUT2D eigenvalue weighted by molar-refractivity contribution is 6.11. The molecule has 3 heterocycles. The van der Waals surface area contributed by atoms with E-state index in [1.165, 1.54) is 66.0 Å². The largest absolute Gasteiger partial charge is 0.455 e. The number of aromatic nitrogens is 2. The summed E-state index contributed by atoms with van der Waals surface area (Å²) in [5.41, 5.74) is 16.5. The fourth-order valence-electron chi connectivity index (χ4n) is 13.7. The van der Waals surface area contributed by atoms with Crippen molar-refractivity contribution in [3.05, 3.63) is 206 Å². The van der Waals surface area contributed by atoms with E-state index in [1.54, 1.807) is 5.56 Å². The lowest BCUT2D eigenvalue weighted by molar-refractivity contribution is -0.00518. The van der Waals surface area contributed by atoms with Gasteiger partial charge in [0.15, 0.2) is 5.82 Å². The lowest BCUT2D eigenvalue weighted by atomic mass is 9.48. The van der Waals surface area contributed by atoms with Crippen LogP contribution in [0.15, 0.2) is 209 Å².